The smallest absolute Gasteiger partial charge is 0.0605 e. The number of anilines is 1. The van der Waals surface area contributed by atoms with Gasteiger partial charge in [-0.2, -0.15) is 0 Å². The summed E-state index contributed by atoms with van der Waals surface area (Å²) in [5.41, 5.74) is 1.30. The zero-order valence-corrected chi connectivity index (χ0v) is 10.5. The molecule has 15 heavy (non-hydrogen) atoms. The first-order valence-corrected chi connectivity index (χ1v) is 6.12. The highest BCUT2D eigenvalue weighted by Gasteiger charge is 2.18. The quantitative estimate of drug-likeness (QED) is 0.819. The van der Waals surface area contributed by atoms with Crippen molar-refractivity contribution in [3.8, 4) is 0 Å². The molecule has 0 saturated carbocycles. The first kappa shape index (κ1) is 11.0. The van der Waals surface area contributed by atoms with Crippen molar-refractivity contribution in [1.29, 1.82) is 0 Å². The minimum absolute atomic E-state index is 0.452. The summed E-state index contributed by atoms with van der Waals surface area (Å²) in [5.74, 6) is 0. The number of hydrogen-bond donors (Lipinski definition) is 0. The van der Waals surface area contributed by atoms with Gasteiger partial charge in [0.25, 0.3) is 0 Å². The lowest BCUT2D eigenvalue weighted by atomic mass is 10.1. The maximum Gasteiger partial charge on any atom is 0.0605 e. The second kappa shape index (κ2) is 4.99. The predicted octanol–water partition coefficient (Wildman–Crippen LogP) is 3.06. The monoisotopic (exact) mass is 269 g/mol. The molecule has 0 bridgehead atoms. The van der Waals surface area contributed by atoms with E-state index in [0.717, 1.165) is 30.4 Å². The summed E-state index contributed by atoms with van der Waals surface area (Å²) in [7, 11) is 1.80. The van der Waals surface area contributed by atoms with Gasteiger partial charge < -0.3 is 9.64 Å². The average molecular weight is 270 g/mol. The SMILES string of the molecule is COC1CCN(c2cccc(Br)c2)CC1. The highest BCUT2D eigenvalue weighted by atomic mass is 79.9. The van der Waals surface area contributed by atoms with Gasteiger partial charge in [0.05, 0.1) is 6.10 Å². The molecule has 0 N–H and O–H groups in total. The van der Waals surface area contributed by atoms with E-state index in [-0.39, 0.29) is 0 Å². The molecular formula is C12H16BrNO. The van der Waals surface area contributed by atoms with Gasteiger partial charge >= 0.3 is 0 Å². The van der Waals surface area contributed by atoms with Crippen LogP contribution in [0.1, 0.15) is 12.8 Å². The maximum atomic E-state index is 5.36. The Hall–Kier alpha value is -0.540. The summed E-state index contributed by atoms with van der Waals surface area (Å²) in [6.45, 7) is 2.18. The third-order valence-electron chi connectivity index (χ3n) is 2.95. The molecule has 2 nitrogen and oxygen atoms in total. The summed E-state index contributed by atoms with van der Waals surface area (Å²) >= 11 is 3.50. The van der Waals surface area contributed by atoms with Crippen LogP contribution in [-0.4, -0.2) is 26.3 Å². The lowest BCUT2D eigenvalue weighted by molar-refractivity contribution is 0.0819. The van der Waals surface area contributed by atoms with E-state index < -0.39 is 0 Å². The molecule has 1 heterocycles. The minimum Gasteiger partial charge on any atom is -0.381 e. The van der Waals surface area contributed by atoms with Crippen LogP contribution in [0.25, 0.3) is 0 Å². The van der Waals surface area contributed by atoms with Gasteiger partial charge in [-0.15, -0.1) is 0 Å². The van der Waals surface area contributed by atoms with Crippen molar-refractivity contribution in [1.82, 2.24) is 0 Å². The molecule has 0 spiro atoms. The first-order chi connectivity index (χ1) is 7.29. The molecule has 1 aliphatic heterocycles. The van der Waals surface area contributed by atoms with Crippen LogP contribution in [0.5, 0.6) is 0 Å². The van der Waals surface area contributed by atoms with E-state index >= 15 is 0 Å². The van der Waals surface area contributed by atoms with E-state index in [1.165, 1.54) is 5.69 Å². The van der Waals surface area contributed by atoms with Crippen LogP contribution in [0.2, 0.25) is 0 Å². The van der Waals surface area contributed by atoms with E-state index in [9.17, 15) is 0 Å². The first-order valence-electron chi connectivity index (χ1n) is 5.33. The highest BCUT2D eigenvalue weighted by Crippen LogP contribution is 2.23. The average Bonchev–Trinajstić information content (AvgIpc) is 2.29. The minimum atomic E-state index is 0.452. The molecule has 3 heteroatoms. The molecule has 82 valence electrons. The van der Waals surface area contributed by atoms with E-state index in [1.54, 1.807) is 7.11 Å². The number of piperidine rings is 1. The molecule has 2 rings (SSSR count). The standard InChI is InChI=1S/C12H16BrNO/c1-15-12-5-7-14(8-6-12)11-4-2-3-10(13)9-11/h2-4,9,12H,5-8H2,1H3. The van der Waals surface area contributed by atoms with E-state index in [0.29, 0.717) is 6.10 Å². The number of benzene rings is 1. The maximum absolute atomic E-state index is 5.36. The van der Waals surface area contributed by atoms with Crippen LogP contribution in [-0.2, 0) is 4.74 Å². The summed E-state index contributed by atoms with van der Waals surface area (Å²) < 4.78 is 6.51. The van der Waals surface area contributed by atoms with Gasteiger partial charge in [-0.25, -0.2) is 0 Å². The van der Waals surface area contributed by atoms with Crippen molar-refractivity contribution in [2.75, 3.05) is 25.1 Å². The topological polar surface area (TPSA) is 12.5 Å². The molecule has 0 unspecified atom stereocenters. The van der Waals surface area contributed by atoms with Gasteiger partial charge in [0.15, 0.2) is 0 Å². The second-order valence-electron chi connectivity index (χ2n) is 3.90. The Morgan fingerprint density at radius 3 is 2.67 bits per heavy atom. The Kier molecular flexibility index (Phi) is 3.65. The van der Waals surface area contributed by atoms with Gasteiger partial charge in [-0.3, -0.25) is 0 Å². The predicted molar refractivity (Wildman–Crippen MR) is 66.4 cm³/mol. The molecule has 1 aromatic carbocycles. The number of hydrogen-bond acceptors (Lipinski definition) is 2. The van der Waals surface area contributed by atoms with Crippen molar-refractivity contribution >= 4 is 21.6 Å². The Morgan fingerprint density at radius 2 is 2.07 bits per heavy atom. The Bertz CT molecular complexity index is 321. The number of ether oxygens (including phenoxy) is 1. The summed E-state index contributed by atoms with van der Waals surface area (Å²) in [6, 6.07) is 8.48. The molecule has 0 aromatic heterocycles. The lowest BCUT2D eigenvalue weighted by Crippen LogP contribution is -2.36. The summed E-state index contributed by atoms with van der Waals surface area (Å²) in [6.07, 6.45) is 2.71. The molecule has 0 atom stereocenters. The zero-order chi connectivity index (χ0) is 10.7. The highest BCUT2D eigenvalue weighted by molar-refractivity contribution is 9.10. The van der Waals surface area contributed by atoms with Crippen molar-refractivity contribution in [2.24, 2.45) is 0 Å². The number of nitrogens with zero attached hydrogens (tertiary/aromatic N) is 1. The second-order valence-corrected chi connectivity index (χ2v) is 4.82. The zero-order valence-electron chi connectivity index (χ0n) is 8.95. The summed E-state index contributed by atoms with van der Waals surface area (Å²) in [5, 5.41) is 0. The molecule has 0 radical (unpaired) electrons. The van der Waals surface area contributed by atoms with Gasteiger partial charge in [0.2, 0.25) is 0 Å². The van der Waals surface area contributed by atoms with Crippen LogP contribution in [0, 0.1) is 0 Å². The molecule has 0 amide bonds. The van der Waals surface area contributed by atoms with Gasteiger partial charge in [-0.1, -0.05) is 22.0 Å². The Labute approximate surface area is 99.4 Å². The Morgan fingerprint density at radius 1 is 1.33 bits per heavy atom. The van der Waals surface area contributed by atoms with Crippen LogP contribution >= 0.6 is 15.9 Å². The lowest BCUT2D eigenvalue weighted by Gasteiger charge is -2.33. The molecule has 1 aliphatic rings. The summed E-state index contributed by atoms with van der Waals surface area (Å²) in [4.78, 5) is 2.42. The fraction of sp³-hybridized carbons (Fsp3) is 0.500. The van der Waals surface area contributed by atoms with Gasteiger partial charge in [-0.05, 0) is 31.0 Å². The van der Waals surface area contributed by atoms with Crippen molar-refractivity contribution in [3.63, 3.8) is 0 Å². The van der Waals surface area contributed by atoms with Crippen LogP contribution < -0.4 is 4.90 Å². The molecule has 1 fully saturated rings. The number of halogens is 1. The third kappa shape index (κ3) is 2.73. The van der Waals surface area contributed by atoms with Crippen molar-refractivity contribution in [3.05, 3.63) is 28.7 Å². The van der Waals surface area contributed by atoms with Gasteiger partial charge in [0.1, 0.15) is 0 Å². The molecule has 1 saturated heterocycles. The van der Waals surface area contributed by atoms with Gasteiger partial charge in [0, 0.05) is 30.4 Å². The fourth-order valence-corrected chi connectivity index (χ4v) is 2.41. The fourth-order valence-electron chi connectivity index (χ4n) is 2.02. The third-order valence-corrected chi connectivity index (χ3v) is 3.44. The largest absolute Gasteiger partial charge is 0.381 e. The van der Waals surface area contributed by atoms with Crippen LogP contribution in [0.15, 0.2) is 28.7 Å². The number of methoxy groups -OCH3 is 1. The molecule has 0 aliphatic carbocycles. The van der Waals surface area contributed by atoms with E-state index in [2.05, 4.69) is 45.1 Å². The van der Waals surface area contributed by atoms with Crippen LogP contribution in [0.3, 0.4) is 0 Å². The molecule has 1 aromatic rings. The van der Waals surface area contributed by atoms with Crippen molar-refractivity contribution in [2.45, 2.75) is 18.9 Å². The van der Waals surface area contributed by atoms with E-state index in [1.807, 2.05) is 0 Å². The Balaban J connectivity index is 2.01. The van der Waals surface area contributed by atoms with Crippen LogP contribution in [0.4, 0.5) is 5.69 Å². The van der Waals surface area contributed by atoms with Crippen molar-refractivity contribution < 1.29 is 4.74 Å². The normalized spacial score (nSPS) is 18.1. The molecular weight excluding hydrogens is 254 g/mol. The van der Waals surface area contributed by atoms with E-state index in [4.69, 9.17) is 4.74 Å². The number of rotatable bonds is 2.